The average Bonchev–Trinajstić information content (AvgIpc) is 3.33. The second-order valence-electron chi connectivity index (χ2n) is 5.86. The first-order valence-corrected chi connectivity index (χ1v) is 8.55. The number of likely N-dealkylation sites (tertiary alicyclic amines) is 1. The van der Waals surface area contributed by atoms with Gasteiger partial charge in [0.1, 0.15) is 0 Å². The van der Waals surface area contributed by atoms with Crippen molar-refractivity contribution in [2.75, 3.05) is 13.1 Å². The molecule has 9 heteroatoms. The van der Waals surface area contributed by atoms with Crippen molar-refractivity contribution in [3.05, 3.63) is 33.9 Å². The lowest BCUT2D eigenvalue weighted by Crippen LogP contribution is -2.29. The molecule has 0 spiro atoms. The van der Waals surface area contributed by atoms with Gasteiger partial charge >= 0.3 is 0 Å². The second-order valence-corrected chi connectivity index (χ2v) is 6.77. The lowest BCUT2D eigenvalue weighted by Gasteiger charge is -2.16. The Morgan fingerprint density at radius 2 is 2.29 bits per heavy atom. The van der Waals surface area contributed by atoms with Gasteiger partial charge in [-0.1, -0.05) is 10.4 Å². The van der Waals surface area contributed by atoms with Crippen LogP contribution in [0.15, 0.2) is 22.2 Å². The molecule has 1 saturated heterocycles. The van der Waals surface area contributed by atoms with E-state index in [-0.39, 0.29) is 11.9 Å². The molecule has 3 aromatic rings. The van der Waals surface area contributed by atoms with Crippen LogP contribution < -0.4 is 0 Å². The van der Waals surface area contributed by atoms with Crippen LogP contribution in [-0.2, 0) is 0 Å². The van der Waals surface area contributed by atoms with Gasteiger partial charge in [-0.3, -0.25) is 4.79 Å². The Bertz CT molecular complexity index is 882. The fraction of sp³-hybridized carbons (Fsp3) is 0.400. The Balaban J connectivity index is 1.48. The van der Waals surface area contributed by atoms with Gasteiger partial charge in [0.15, 0.2) is 11.5 Å². The molecule has 1 amide bonds. The van der Waals surface area contributed by atoms with E-state index >= 15 is 0 Å². The summed E-state index contributed by atoms with van der Waals surface area (Å²) in [5.41, 5.74) is 1.58. The standard InChI is InChI=1S/C15H16N6O2S/c1-9-4-6-24-13(9)15(22)20-5-3-11(7-20)21-8-12(17-19-21)14-16-10(2)18-23-14/h4,6,8,11H,3,5,7H2,1-2H3/t11-/m1/s1. The van der Waals surface area contributed by atoms with Crippen molar-refractivity contribution < 1.29 is 9.32 Å². The van der Waals surface area contributed by atoms with E-state index < -0.39 is 0 Å². The van der Waals surface area contributed by atoms with Gasteiger partial charge in [0.05, 0.1) is 17.1 Å². The number of thiophene rings is 1. The maximum Gasteiger partial charge on any atom is 0.280 e. The summed E-state index contributed by atoms with van der Waals surface area (Å²) >= 11 is 1.49. The average molecular weight is 344 g/mol. The van der Waals surface area contributed by atoms with Crippen LogP contribution in [0.5, 0.6) is 0 Å². The van der Waals surface area contributed by atoms with E-state index in [1.807, 2.05) is 23.3 Å². The Morgan fingerprint density at radius 1 is 1.42 bits per heavy atom. The Labute approximate surface area is 142 Å². The Kier molecular flexibility index (Phi) is 3.64. The summed E-state index contributed by atoms with van der Waals surface area (Å²) in [5, 5.41) is 14.0. The van der Waals surface area contributed by atoms with Crippen molar-refractivity contribution in [3.63, 3.8) is 0 Å². The third kappa shape index (κ3) is 2.60. The third-order valence-corrected chi connectivity index (χ3v) is 5.14. The van der Waals surface area contributed by atoms with Gasteiger partial charge in [-0.2, -0.15) is 4.98 Å². The molecule has 0 radical (unpaired) electrons. The number of nitrogens with zero attached hydrogens (tertiary/aromatic N) is 6. The molecule has 1 fully saturated rings. The van der Waals surface area contributed by atoms with E-state index in [9.17, 15) is 4.79 Å². The first kappa shape index (κ1) is 15.0. The molecule has 8 nitrogen and oxygen atoms in total. The molecule has 4 heterocycles. The number of aryl methyl sites for hydroxylation is 2. The van der Waals surface area contributed by atoms with Gasteiger partial charge in [0, 0.05) is 13.1 Å². The molecule has 3 aromatic heterocycles. The fourth-order valence-corrected chi connectivity index (χ4v) is 3.72. The summed E-state index contributed by atoms with van der Waals surface area (Å²) in [4.78, 5) is 19.4. The molecule has 1 aliphatic heterocycles. The van der Waals surface area contributed by atoms with Gasteiger partial charge in [0.2, 0.25) is 0 Å². The predicted octanol–water partition coefficient (Wildman–Crippen LogP) is 2.09. The van der Waals surface area contributed by atoms with Crippen LogP contribution >= 0.6 is 11.3 Å². The smallest absolute Gasteiger partial charge is 0.280 e. The zero-order chi connectivity index (χ0) is 16.7. The number of hydrogen-bond acceptors (Lipinski definition) is 7. The molecule has 0 saturated carbocycles. The lowest BCUT2D eigenvalue weighted by molar-refractivity contribution is 0.0791. The van der Waals surface area contributed by atoms with Crippen molar-refractivity contribution in [2.24, 2.45) is 0 Å². The molecule has 0 N–H and O–H groups in total. The maximum absolute atomic E-state index is 12.6. The Hall–Kier alpha value is -2.55. The highest BCUT2D eigenvalue weighted by molar-refractivity contribution is 7.12. The highest BCUT2D eigenvalue weighted by Gasteiger charge is 2.30. The maximum atomic E-state index is 12.6. The highest BCUT2D eigenvalue weighted by atomic mass is 32.1. The van der Waals surface area contributed by atoms with Gasteiger partial charge in [0.25, 0.3) is 11.8 Å². The van der Waals surface area contributed by atoms with Crippen molar-refractivity contribution in [3.8, 4) is 11.6 Å². The third-order valence-electron chi connectivity index (χ3n) is 4.14. The van der Waals surface area contributed by atoms with E-state index in [1.165, 1.54) is 11.3 Å². The van der Waals surface area contributed by atoms with Crippen molar-refractivity contribution in [1.82, 2.24) is 30.0 Å². The quantitative estimate of drug-likeness (QED) is 0.723. The Morgan fingerprint density at radius 3 is 3.00 bits per heavy atom. The minimum Gasteiger partial charge on any atom is -0.336 e. The van der Waals surface area contributed by atoms with Crippen LogP contribution in [0, 0.1) is 13.8 Å². The summed E-state index contributed by atoms with van der Waals surface area (Å²) in [6.45, 7) is 5.06. The molecule has 0 aromatic carbocycles. The molecule has 0 bridgehead atoms. The van der Waals surface area contributed by atoms with Crippen LogP contribution in [0.1, 0.15) is 33.5 Å². The van der Waals surface area contributed by atoms with Gasteiger partial charge in [-0.05, 0) is 37.3 Å². The van der Waals surface area contributed by atoms with Crippen molar-refractivity contribution in [2.45, 2.75) is 26.3 Å². The summed E-state index contributed by atoms with van der Waals surface area (Å²) < 4.78 is 6.89. The molecular weight excluding hydrogens is 328 g/mol. The van der Waals surface area contributed by atoms with E-state index in [4.69, 9.17) is 4.52 Å². The predicted molar refractivity (Wildman–Crippen MR) is 86.7 cm³/mol. The van der Waals surface area contributed by atoms with E-state index in [0.29, 0.717) is 24.0 Å². The van der Waals surface area contributed by atoms with Gasteiger partial charge in [-0.15, -0.1) is 16.4 Å². The molecular formula is C15H16N6O2S. The first-order chi connectivity index (χ1) is 11.6. The minimum absolute atomic E-state index is 0.0952. The second kappa shape index (κ2) is 5.82. The van der Waals surface area contributed by atoms with Crippen LogP contribution in [0.3, 0.4) is 0 Å². The minimum atomic E-state index is 0.0952. The zero-order valence-electron chi connectivity index (χ0n) is 13.3. The summed E-state index contributed by atoms with van der Waals surface area (Å²) in [7, 11) is 0. The number of amides is 1. The van der Waals surface area contributed by atoms with Crippen LogP contribution in [0.25, 0.3) is 11.6 Å². The van der Waals surface area contributed by atoms with Gasteiger partial charge < -0.3 is 9.42 Å². The fourth-order valence-electron chi connectivity index (χ4n) is 2.83. The van der Waals surface area contributed by atoms with Crippen LogP contribution in [0.2, 0.25) is 0 Å². The highest BCUT2D eigenvalue weighted by Crippen LogP contribution is 2.26. The summed E-state index contributed by atoms with van der Waals surface area (Å²) in [6.07, 6.45) is 2.64. The molecule has 4 rings (SSSR count). The number of aromatic nitrogens is 5. The molecule has 0 unspecified atom stereocenters. The monoisotopic (exact) mass is 344 g/mol. The summed E-state index contributed by atoms with van der Waals surface area (Å²) in [6, 6.07) is 2.08. The van der Waals surface area contributed by atoms with Gasteiger partial charge in [-0.25, -0.2) is 4.68 Å². The molecule has 1 aliphatic rings. The first-order valence-electron chi connectivity index (χ1n) is 7.67. The summed E-state index contributed by atoms with van der Waals surface area (Å²) in [5.74, 6) is 1.01. The van der Waals surface area contributed by atoms with Crippen LogP contribution in [0.4, 0.5) is 0 Å². The zero-order valence-corrected chi connectivity index (χ0v) is 14.2. The normalized spacial score (nSPS) is 17.6. The van der Waals surface area contributed by atoms with Crippen molar-refractivity contribution in [1.29, 1.82) is 0 Å². The largest absolute Gasteiger partial charge is 0.336 e. The number of rotatable bonds is 3. The molecule has 124 valence electrons. The lowest BCUT2D eigenvalue weighted by atomic mass is 10.2. The number of carbonyl (C=O) groups excluding carboxylic acids is 1. The van der Waals surface area contributed by atoms with E-state index in [1.54, 1.807) is 17.8 Å². The topological polar surface area (TPSA) is 89.9 Å². The number of carbonyl (C=O) groups is 1. The number of hydrogen-bond donors (Lipinski definition) is 0. The molecule has 1 atom stereocenters. The van der Waals surface area contributed by atoms with Crippen molar-refractivity contribution >= 4 is 17.2 Å². The molecule has 24 heavy (non-hydrogen) atoms. The van der Waals surface area contributed by atoms with E-state index in [2.05, 4.69) is 20.5 Å². The van der Waals surface area contributed by atoms with E-state index in [0.717, 1.165) is 23.4 Å². The molecule has 0 aliphatic carbocycles. The van der Waals surface area contributed by atoms with Crippen LogP contribution in [-0.4, -0.2) is 49.0 Å². The SMILES string of the molecule is Cc1noc(-c2cn([C@@H]3CCN(C(=O)c4sccc4C)C3)nn2)n1.